The quantitative estimate of drug-likeness (QED) is 0.343. The van der Waals surface area contributed by atoms with Crippen molar-refractivity contribution in [3.05, 3.63) is 0 Å². The first-order valence-corrected chi connectivity index (χ1v) is 5.21. The van der Waals surface area contributed by atoms with Crippen LogP contribution in [0, 0.1) is 5.89 Å². The van der Waals surface area contributed by atoms with Crippen molar-refractivity contribution in [3.8, 4) is 0 Å². The number of hydrogen-bond donors (Lipinski definition) is 2. The van der Waals surface area contributed by atoms with Crippen LogP contribution < -0.4 is 5.84 Å². The average Bonchev–Trinajstić information content (AvgIpc) is 2.64. The fourth-order valence-corrected chi connectivity index (χ4v) is 0.488. The summed E-state index contributed by atoms with van der Waals surface area (Å²) in [4.78, 5) is 22.6. The molecule has 0 aromatic rings. The van der Waals surface area contributed by atoms with E-state index in [1.165, 1.54) is 0 Å². The highest BCUT2D eigenvalue weighted by atomic mass is 16.4. The smallest absolute Gasteiger partial charge is 0.306 e. The molecule has 0 heterocycles. The maximum atomic E-state index is 11.7. The summed E-state index contributed by atoms with van der Waals surface area (Å²) in [6, 6.07) is 0. The van der Waals surface area contributed by atoms with Crippen molar-refractivity contribution in [2.75, 3.05) is 0 Å². The molecular formula is C6H11N15O3. The molecule has 0 bridgehead atoms. The Balaban J connectivity index is 4.84. The number of nitrogens with zero attached hydrogens (tertiary/aromatic N) is 14. The number of amides is 1. The highest BCUT2D eigenvalue weighted by Crippen LogP contribution is 2.06. The van der Waals surface area contributed by atoms with E-state index in [1.807, 2.05) is 0 Å². The highest BCUT2D eigenvalue weighted by molar-refractivity contribution is 5.77. The van der Waals surface area contributed by atoms with E-state index in [-0.39, 0.29) is 0 Å². The van der Waals surface area contributed by atoms with Crippen LogP contribution in [0.25, 0.3) is 0 Å². The van der Waals surface area contributed by atoms with Crippen LogP contribution in [-0.4, -0.2) is 17.0 Å². The van der Waals surface area contributed by atoms with Gasteiger partial charge in [0.15, 0.2) is 0 Å². The SMILES string of the molecule is [2H]C([2H])(C(=O)/N=N/N=N/N=N/N=N/N=N/N=N/N=N/N)C([2H])([2H])C([2H])(C)C(=O)O. The van der Waals surface area contributed by atoms with Gasteiger partial charge in [-0.2, -0.15) is 0 Å². The molecule has 0 saturated heterocycles. The summed E-state index contributed by atoms with van der Waals surface area (Å²) in [5.41, 5.74) is 0. The number of nitrogens with two attached hydrogens (primary N) is 1. The summed E-state index contributed by atoms with van der Waals surface area (Å²) >= 11 is 0. The Hall–Kier alpha value is -3.86. The maximum absolute atomic E-state index is 11.7. The van der Waals surface area contributed by atoms with Crippen LogP contribution >= 0.6 is 0 Å². The molecule has 0 aliphatic rings. The number of rotatable bonds is 10. The summed E-state index contributed by atoms with van der Waals surface area (Å²) in [6.45, 7) is 0.583. The summed E-state index contributed by atoms with van der Waals surface area (Å²) in [6.07, 6.45) is -7.00. The van der Waals surface area contributed by atoms with Crippen LogP contribution in [0.15, 0.2) is 73.0 Å². The number of carboxylic acids is 1. The molecule has 0 aromatic heterocycles. The molecule has 1 atom stereocenters. The topological polar surface area (TPSA) is 253 Å². The van der Waals surface area contributed by atoms with Gasteiger partial charge in [-0.15, -0.1) is 0 Å². The van der Waals surface area contributed by atoms with E-state index in [4.69, 9.17) is 12.0 Å². The van der Waals surface area contributed by atoms with Gasteiger partial charge in [-0.05, 0) is 69.1 Å². The van der Waals surface area contributed by atoms with Crippen LogP contribution in [-0.2, 0) is 9.59 Å². The Labute approximate surface area is 139 Å². The monoisotopic (exact) mass is 346 g/mol. The molecule has 0 aliphatic carbocycles. The zero-order chi connectivity index (χ0) is 22.6. The molecule has 0 aliphatic heterocycles. The molecule has 0 fully saturated rings. The van der Waals surface area contributed by atoms with Crippen molar-refractivity contribution < 1.29 is 21.5 Å². The normalized spacial score (nSPS) is 20.1. The second-order valence-electron chi connectivity index (χ2n) is 2.77. The third kappa shape index (κ3) is 13.1. The van der Waals surface area contributed by atoms with Crippen molar-refractivity contribution in [3.63, 3.8) is 0 Å². The third-order valence-corrected chi connectivity index (χ3v) is 1.30. The predicted octanol–water partition coefficient (Wildman–Crippen LogP) is 2.54. The van der Waals surface area contributed by atoms with Gasteiger partial charge < -0.3 is 10.9 Å². The van der Waals surface area contributed by atoms with Crippen LogP contribution in [0.3, 0.4) is 0 Å². The summed E-state index contributed by atoms with van der Waals surface area (Å²) < 4.78 is 37.4. The molecule has 24 heavy (non-hydrogen) atoms. The van der Waals surface area contributed by atoms with Crippen molar-refractivity contribution in [2.24, 2.45) is 84.8 Å². The first-order chi connectivity index (χ1) is 13.4. The fourth-order valence-electron chi connectivity index (χ4n) is 0.488. The summed E-state index contributed by atoms with van der Waals surface area (Å²) in [5.74, 6) is -2.25. The Bertz CT molecular complexity index is 785. The number of hydrogen-bond acceptors (Lipinski definition) is 3. The Morgan fingerprint density at radius 3 is 1.79 bits per heavy atom. The van der Waals surface area contributed by atoms with Crippen molar-refractivity contribution in [1.82, 2.24) is 0 Å². The van der Waals surface area contributed by atoms with Gasteiger partial charge >= 0.3 is 5.97 Å². The molecule has 0 saturated carbocycles. The van der Waals surface area contributed by atoms with Crippen LogP contribution in [0.4, 0.5) is 0 Å². The standard InChI is InChI=1S/C6H11N15O3/c1-4(6(23)24)2-3-5(22)8-10-12-14-16-18-20-21-19-17-15-13-11-9-7/h4H,2-3H2,1H3,(H,23,24)(H2,7,8,11,12,15,16,19,20,22)/i2D2,3D2,4D. The Morgan fingerprint density at radius 1 is 0.958 bits per heavy atom. The lowest BCUT2D eigenvalue weighted by Crippen LogP contribution is -2.10. The first kappa shape index (κ1) is 12.7. The molecule has 0 rings (SSSR count). The van der Waals surface area contributed by atoms with Gasteiger partial charge in [0.25, 0.3) is 5.91 Å². The predicted molar refractivity (Wildman–Crippen MR) is 69.2 cm³/mol. The van der Waals surface area contributed by atoms with Gasteiger partial charge in [0.05, 0.1) is 5.89 Å². The lowest BCUT2D eigenvalue weighted by molar-refractivity contribution is -0.141. The summed E-state index contributed by atoms with van der Waals surface area (Å²) in [7, 11) is 0. The third-order valence-electron chi connectivity index (χ3n) is 1.30. The molecule has 3 N–H and O–H groups in total. The van der Waals surface area contributed by atoms with Gasteiger partial charge in [0.1, 0.15) is 0 Å². The first-order valence-electron chi connectivity index (χ1n) is 7.71. The van der Waals surface area contributed by atoms with Gasteiger partial charge in [-0.25, -0.2) is 0 Å². The number of carbonyl (C=O) groups is 2. The zero-order valence-corrected chi connectivity index (χ0v) is 11.6. The molecule has 128 valence electrons. The number of carbonyl (C=O) groups excluding carboxylic acids is 1. The summed E-state index contributed by atoms with van der Waals surface area (Å²) in [5, 5.41) is 48.7. The van der Waals surface area contributed by atoms with E-state index in [2.05, 4.69) is 78.9 Å². The van der Waals surface area contributed by atoms with Crippen molar-refractivity contribution >= 4 is 11.9 Å². The van der Waals surface area contributed by atoms with E-state index < -0.39 is 30.5 Å². The van der Waals surface area contributed by atoms with Crippen molar-refractivity contribution in [2.45, 2.75) is 19.7 Å². The number of aliphatic carboxylic acids is 1. The van der Waals surface area contributed by atoms with Gasteiger partial charge in [-0.1, -0.05) is 17.3 Å². The molecule has 1 unspecified atom stereocenters. The molecule has 0 radical (unpaired) electrons. The minimum Gasteiger partial charge on any atom is -0.481 e. The molecular weight excluding hydrogens is 330 g/mol. The van der Waals surface area contributed by atoms with Gasteiger partial charge in [-0.3, -0.25) is 9.59 Å². The minimum absolute atomic E-state index is 0.583. The molecule has 0 aromatic carbocycles. The van der Waals surface area contributed by atoms with Crippen molar-refractivity contribution in [1.29, 1.82) is 0 Å². The Kier molecular flexibility index (Phi) is 7.43. The Morgan fingerprint density at radius 2 is 1.38 bits per heavy atom. The second kappa shape index (κ2) is 14.1. The highest BCUT2D eigenvalue weighted by Gasteiger charge is 2.12. The molecule has 18 nitrogen and oxygen atoms in total. The second-order valence-corrected chi connectivity index (χ2v) is 2.77. The molecule has 0 spiro atoms. The van der Waals surface area contributed by atoms with E-state index in [1.54, 1.807) is 0 Å². The molecule has 18 heteroatoms. The lowest BCUT2D eigenvalue weighted by Gasteiger charge is -2.01. The van der Waals surface area contributed by atoms with Crippen LogP contribution in [0.1, 0.15) is 26.5 Å². The number of carboxylic acid groups (broad SMARTS) is 1. The largest absolute Gasteiger partial charge is 0.481 e. The molecule has 1 amide bonds. The van der Waals surface area contributed by atoms with Crippen LogP contribution in [0.5, 0.6) is 0 Å². The minimum atomic E-state index is -3.52. The maximum Gasteiger partial charge on any atom is 0.306 e. The van der Waals surface area contributed by atoms with Gasteiger partial charge in [0.2, 0.25) is 0 Å². The van der Waals surface area contributed by atoms with E-state index in [0.717, 1.165) is 0 Å². The van der Waals surface area contributed by atoms with Crippen LogP contribution in [0.2, 0.25) is 0 Å². The van der Waals surface area contributed by atoms with E-state index >= 15 is 0 Å². The van der Waals surface area contributed by atoms with E-state index in [9.17, 15) is 9.59 Å². The van der Waals surface area contributed by atoms with E-state index in [0.29, 0.717) is 6.92 Å². The zero-order valence-electron chi connectivity index (χ0n) is 16.6. The fraction of sp³-hybridized carbons (Fsp3) is 0.667. The lowest BCUT2D eigenvalue weighted by atomic mass is 10.1. The average molecular weight is 346 g/mol. The van der Waals surface area contributed by atoms with Gasteiger partial charge in [0, 0.05) is 13.2 Å².